The zero-order valence-corrected chi connectivity index (χ0v) is 18.6. The Morgan fingerprint density at radius 3 is 2.65 bits per heavy atom. The number of aliphatic hydroxyl groups is 2. The Kier molecular flexibility index (Phi) is 7.81. The molecule has 0 saturated heterocycles. The maximum atomic E-state index is 11.1. The second-order valence-electron chi connectivity index (χ2n) is 7.40. The van der Waals surface area contributed by atoms with Crippen molar-refractivity contribution < 1.29 is 34.0 Å². The first-order chi connectivity index (χ1) is 14.6. The van der Waals surface area contributed by atoms with Crippen LogP contribution in [0.4, 0.5) is 5.82 Å². The fraction of sp³-hybridized carbons (Fsp3) is 0.750. The first kappa shape index (κ1) is 24.2. The molecule has 31 heavy (non-hydrogen) atoms. The molecule has 2 aromatic heterocycles. The minimum absolute atomic E-state index is 0.0425. The van der Waals surface area contributed by atoms with E-state index in [0.717, 1.165) is 19.4 Å². The second kappa shape index (κ2) is 10.0. The number of rotatable bonds is 12. The monoisotopic (exact) mass is 480 g/mol. The number of hydrogen-bond donors (Lipinski definition) is 5. The van der Waals surface area contributed by atoms with E-state index >= 15 is 0 Å². The third kappa shape index (κ3) is 6.08. The molecule has 13 nitrogen and oxygen atoms in total. The van der Waals surface area contributed by atoms with E-state index < -0.39 is 31.9 Å². The molecule has 1 unspecified atom stereocenters. The molecule has 174 valence electrons. The highest BCUT2D eigenvalue weighted by Crippen LogP contribution is 2.41. The van der Waals surface area contributed by atoms with E-state index in [9.17, 15) is 14.8 Å². The number of ether oxygens (including phenoxy) is 2. The Labute approximate surface area is 182 Å². The minimum Gasteiger partial charge on any atom is -0.390 e. The van der Waals surface area contributed by atoms with Gasteiger partial charge in [-0.1, -0.05) is 5.21 Å². The van der Waals surface area contributed by atoms with Crippen molar-refractivity contribution in [1.82, 2.24) is 25.0 Å². The lowest BCUT2D eigenvalue weighted by molar-refractivity contribution is -0.119. The van der Waals surface area contributed by atoms with E-state index in [2.05, 4.69) is 25.6 Å². The predicted molar refractivity (Wildman–Crippen MR) is 109 cm³/mol. The van der Waals surface area contributed by atoms with E-state index in [4.69, 9.17) is 30.9 Å². The summed E-state index contributed by atoms with van der Waals surface area (Å²) in [5.41, 5.74) is 0.551. The topological polar surface area (TPSA) is 185 Å². The highest BCUT2D eigenvalue weighted by Gasteiger charge is 2.32. The molecule has 3 rings (SSSR count). The summed E-state index contributed by atoms with van der Waals surface area (Å²) in [6.45, 7) is 1.75. The van der Waals surface area contributed by atoms with Crippen LogP contribution in [-0.2, 0) is 14.0 Å². The van der Waals surface area contributed by atoms with Crippen LogP contribution in [0.3, 0.4) is 0 Å². The molecule has 15 heteroatoms. The molecule has 0 aliphatic heterocycles. The summed E-state index contributed by atoms with van der Waals surface area (Å²) in [4.78, 5) is 26.4. The van der Waals surface area contributed by atoms with Gasteiger partial charge in [-0.2, -0.15) is 14.6 Å². The molecule has 1 aliphatic carbocycles. The van der Waals surface area contributed by atoms with E-state index in [1.807, 2.05) is 0 Å². The number of halogens is 1. The first-order valence-electron chi connectivity index (χ1n) is 9.69. The molecule has 0 bridgehead atoms. The van der Waals surface area contributed by atoms with Crippen molar-refractivity contribution in [2.75, 3.05) is 25.6 Å². The van der Waals surface area contributed by atoms with Crippen LogP contribution < -0.4 is 5.32 Å². The molecule has 1 saturated carbocycles. The molecular weight excluding hydrogens is 455 g/mol. The van der Waals surface area contributed by atoms with Crippen LogP contribution >= 0.6 is 19.2 Å². The minimum atomic E-state index is -4.40. The molecule has 2 heterocycles. The summed E-state index contributed by atoms with van der Waals surface area (Å²) in [6.07, 6.45) is -1.80. The van der Waals surface area contributed by atoms with Gasteiger partial charge in [-0.25, -0.2) is 0 Å². The van der Waals surface area contributed by atoms with Crippen molar-refractivity contribution in [2.24, 2.45) is 5.92 Å². The fourth-order valence-electron chi connectivity index (χ4n) is 2.86. The van der Waals surface area contributed by atoms with Crippen molar-refractivity contribution in [2.45, 2.75) is 50.5 Å². The first-order valence-corrected chi connectivity index (χ1v) is 11.8. The highest BCUT2D eigenvalue weighted by atomic mass is 35.5. The van der Waals surface area contributed by atoms with Crippen molar-refractivity contribution in [3.8, 4) is 0 Å². The van der Waals surface area contributed by atoms with Gasteiger partial charge < -0.3 is 34.8 Å². The van der Waals surface area contributed by atoms with Crippen LogP contribution in [0.1, 0.15) is 32.4 Å². The standard InChI is InChI=1S/C16H26ClN6O7P/c1-8(31(26,27)28)30-6-5-10(24)12(25)15(29-2)23-14-11(21-22-23)13(19-16(17)20-14)18-7-9-3-4-9/h8-10,12,15,24-25H,3-7H2,1-2H3,(H,18,19,20)(H2,26,27,28)/t8?,10-,12-,15-/m1/s1. The van der Waals surface area contributed by atoms with Crippen LogP contribution in [0.5, 0.6) is 0 Å². The summed E-state index contributed by atoms with van der Waals surface area (Å²) in [5, 5.41) is 32.1. The third-order valence-electron chi connectivity index (χ3n) is 4.97. The number of anilines is 1. The number of nitrogens with zero attached hydrogens (tertiary/aromatic N) is 5. The summed E-state index contributed by atoms with van der Waals surface area (Å²) < 4.78 is 22.6. The van der Waals surface area contributed by atoms with Gasteiger partial charge in [0.2, 0.25) is 5.28 Å². The lowest BCUT2D eigenvalue weighted by atomic mass is 10.1. The van der Waals surface area contributed by atoms with Crippen molar-refractivity contribution >= 4 is 36.2 Å². The van der Waals surface area contributed by atoms with Crippen molar-refractivity contribution in [3.63, 3.8) is 0 Å². The zero-order chi connectivity index (χ0) is 22.8. The molecular formula is C16H26ClN6O7P. The van der Waals surface area contributed by atoms with Crippen molar-refractivity contribution in [1.29, 1.82) is 0 Å². The smallest absolute Gasteiger partial charge is 0.353 e. The number of hydrogen-bond acceptors (Lipinski definition) is 10. The number of fused-ring (bicyclic) bond motifs is 1. The molecule has 1 fully saturated rings. The number of aromatic nitrogens is 5. The van der Waals surface area contributed by atoms with E-state index in [1.54, 1.807) is 0 Å². The molecule has 0 aromatic carbocycles. The maximum Gasteiger partial charge on any atom is 0.353 e. The van der Waals surface area contributed by atoms with E-state index in [0.29, 0.717) is 17.3 Å². The van der Waals surface area contributed by atoms with Crippen LogP contribution in [0.25, 0.3) is 11.2 Å². The largest absolute Gasteiger partial charge is 0.390 e. The Morgan fingerprint density at radius 1 is 1.32 bits per heavy atom. The normalized spacial score (nSPS) is 18.7. The number of aliphatic hydroxyl groups excluding tert-OH is 2. The maximum absolute atomic E-state index is 11.1. The second-order valence-corrected chi connectivity index (χ2v) is 9.65. The Hall–Kier alpha value is -1.44. The van der Waals surface area contributed by atoms with Gasteiger partial charge in [0.1, 0.15) is 6.10 Å². The van der Waals surface area contributed by atoms with E-state index in [-0.39, 0.29) is 24.0 Å². The van der Waals surface area contributed by atoms with Gasteiger partial charge in [0.25, 0.3) is 0 Å². The summed E-state index contributed by atoms with van der Waals surface area (Å²) >= 11 is 6.04. The molecule has 1 aliphatic rings. The average Bonchev–Trinajstić information content (AvgIpc) is 3.45. The van der Waals surface area contributed by atoms with Gasteiger partial charge in [0.05, 0.1) is 12.7 Å². The summed E-state index contributed by atoms with van der Waals surface area (Å²) in [7, 11) is -3.08. The molecule has 2 aromatic rings. The Morgan fingerprint density at radius 2 is 2.03 bits per heavy atom. The third-order valence-corrected chi connectivity index (χ3v) is 6.23. The Bertz CT molecular complexity index is 939. The molecule has 0 spiro atoms. The Balaban J connectivity index is 1.72. The quantitative estimate of drug-likeness (QED) is 0.209. The molecule has 0 radical (unpaired) electrons. The highest BCUT2D eigenvalue weighted by molar-refractivity contribution is 7.52. The predicted octanol–water partition coefficient (Wildman–Crippen LogP) is 0.494. The van der Waals surface area contributed by atoms with Gasteiger partial charge in [0, 0.05) is 13.7 Å². The van der Waals surface area contributed by atoms with Gasteiger partial charge in [-0.3, -0.25) is 4.57 Å². The molecule has 5 N–H and O–H groups in total. The van der Waals surface area contributed by atoms with Gasteiger partial charge >= 0.3 is 7.60 Å². The van der Waals surface area contributed by atoms with Crippen LogP contribution in [0.2, 0.25) is 5.28 Å². The number of methoxy groups -OCH3 is 1. The number of nitrogens with one attached hydrogen (secondary N) is 1. The zero-order valence-electron chi connectivity index (χ0n) is 17.0. The van der Waals surface area contributed by atoms with E-state index in [1.165, 1.54) is 18.7 Å². The van der Waals surface area contributed by atoms with Crippen molar-refractivity contribution in [3.05, 3.63) is 5.28 Å². The van der Waals surface area contributed by atoms with Gasteiger partial charge in [-0.15, -0.1) is 5.10 Å². The van der Waals surface area contributed by atoms with Crippen LogP contribution in [-0.4, -0.2) is 83.3 Å². The molecule has 4 atom stereocenters. The van der Waals surface area contributed by atoms with Crippen LogP contribution in [0.15, 0.2) is 0 Å². The SMILES string of the molecule is CO[C@H]([C@H](O)[C@H](O)CCOC(C)P(=O)(O)O)n1nnc2c(NCC3CC3)nc(Cl)nc21. The fourth-order valence-corrected chi connectivity index (χ4v) is 3.33. The van der Waals surface area contributed by atoms with Crippen LogP contribution in [0, 0.1) is 5.92 Å². The summed E-state index contributed by atoms with van der Waals surface area (Å²) in [5.74, 6) is -0.328. The van der Waals surface area contributed by atoms with Gasteiger partial charge in [-0.05, 0) is 43.7 Å². The lowest BCUT2D eigenvalue weighted by Crippen LogP contribution is -2.37. The van der Waals surface area contributed by atoms with Gasteiger partial charge in [0.15, 0.2) is 29.1 Å². The average molecular weight is 481 g/mol. The summed E-state index contributed by atoms with van der Waals surface area (Å²) in [6, 6.07) is 0. The lowest BCUT2D eigenvalue weighted by Gasteiger charge is -2.26. The molecule has 0 amide bonds.